The lowest BCUT2D eigenvalue weighted by Crippen LogP contribution is -2.36. The second-order valence-corrected chi connectivity index (χ2v) is 6.13. The van der Waals surface area contributed by atoms with Gasteiger partial charge in [-0.2, -0.15) is 0 Å². The Labute approximate surface area is 144 Å². The summed E-state index contributed by atoms with van der Waals surface area (Å²) in [7, 11) is 0. The van der Waals surface area contributed by atoms with Crippen molar-refractivity contribution in [3.63, 3.8) is 0 Å². The maximum absolute atomic E-state index is 11.5. The van der Waals surface area contributed by atoms with Crippen LogP contribution in [0.3, 0.4) is 0 Å². The highest BCUT2D eigenvalue weighted by molar-refractivity contribution is 5.73. The van der Waals surface area contributed by atoms with Crippen molar-refractivity contribution in [2.45, 2.75) is 51.5 Å². The van der Waals surface area contributed by atoms with E-state index in [-0.39, 0.29) is 11.8 Å². The molecule has 0 bridgehead atoms. The number of aliphatic hydroxyl groups excluding tert-OH is 1. The minimum Gasteiger partial charge on any atom is -0.425 e. The third-order valence-electron chi connectivity index (χ3n) is 4.48. The van der Waals surface area contributed by atoms with Gasteiger partial charge in [0, 0.05) is 24.3 Å². The number of hydrogen-bond acceptors (Lipinski definition) is 4. The molecule has 1 aromatic carbocycles. The molecule has 130 valence electrons. The molecule has 0 amide bonds. The van der Waals surface area contributed by atoms with E-state index in [9.17, 15) is 4.79 Å². The van der Waals surface area contributed by atoms with E-state index in [0.717, 1.165) is 37.8 Å². The zero-order chi connectivity index (χ0) is 17.4. The Bertz CT molecular complexity index is 602. The molecule has 2 N–H and O–H groups in total. The van der Waals surface area contributed by atoms with Crippen molar-refractivity contribution in [1.82, 2.24) is 5.32 Å². The quantitative estimate of drug-likeness (QED) is 0.495. The van der Waals surface area contributed by atoms with Gasteiger partial charge >= 0.3 is 5.97 Å². The summed E-state index contributed by atoms with van der Waals surface area (Å²) < 4.78 is 5.32. The van der Waals surface area contributed by atoms with Gasteiger partial charge in [-0.15, -0.1) is 5.92 Å². The molecule has 1 saturated carbocycles. The van der Waals surface area contributed by atoms with Gasteiger partial charge in [-0.05, 0) is 37.4 Å². The number of ether oxygens (including phenoxy) is 1. The molecule has 4 heteroatoms. The Morgan fingerprint density at radius 3 is 2.83 bits per heavy atom. The molecule has 0 spiro atoms. The fraction of sp³-hybridized carbons (Fsp3) is 0.550. The second-order valence-electron chi connectivity index (χ2n) is 6.13. The standard InChI is InChI=1S/C20H27NO3/c1-3-5-8-15-13-16(21-4-2)11-12-17(15)18-9-6-7-10-19(18)24-20(23)14-22/h6-7,9-10,15-17,21-22H,3-4,11-14H2,1-2H3. The van der Waals surface area contributed by atoms with Crippen LogP contribution in [0, 0.1) is 17.8 Å². The van der Waals surface area contributed by atoms with E-state index >= 15 is 0 Å². The Morgan fingerprint density at radius 1 is 1.33 bits per heavy atom. The predicted molar refractivity (Wildman–Crippen MR) is 94.8 cm³/mol. The van der Waals surface area contributed by atoms with E-state index < -0.39 is 12.6 Å². The van der Waals surface area contributed by atoms with Gasteiger partial charge in [0.2, 0.25) is 0 Å². The molecular formula is C20H27NO3. The molecule has 0 aromatic heterocycles. The number of esters is 1. The lowest BCUT2D eigenvalue weighted by Gasteiger charge is -2.34. The highest BCUT2D eigenvalue weighted by Gasteiger charge is 2.32. The smallest absolute Gasteiger partial charge is 0.337 e. The molecule has 1 aromatic rings. The van der Waals surface area contributed by atoms with Crippen LogP contribution >= 0.6 is 0 Å². The SMILES string of the molecule is CCC#CC1CC(NCC)CCC1c1ccccc1OC(=O)CO. The molecule has 3 atom stereocenters. The fourth-order valence-electron chi connectivity index (χ4n) is 3.44. The van der Waals surface area contributed by atoms with E-state index in [1.807, 2.05) is 18.2 Å². The van der Waals surface area contributed by atoms with E-state index in [4.69, 9.17) is 9.84 Å². The van der Waals surface area contributed by atoms with Crippen LogP contribution in [0.4, 0.5) is 0 Å². The summed E-state index contributed by atoms with van der Waals surface area (Å²) in [6, 6.07) is 8.12. The topological polar surface area (TPSA) is 58.6 Å². The molecule has 0 heterocycles. The van der Waals surface area contributed by atoms with Crippen molar-refractivity contribution < 1.29 is 14.6 Å². The number of aliphatic hydroxyl groups is 1. The fourth-order valence-corrected chi connectivity index (χ4v) is 3.44. The highest BCUT2D eigenvalue weighted by Crippen LogP contribution is 2.41. The summed E-state index contributed by atoms with van der Waals surface area (Å²) in [6.07, 6.45) is 3.95. The average Bonchev–Trinajstić information content (AvgIpc) is 2.61. The van der Waals surface area contributed by atoms with Gasteiger partial charge in [-0.1, -0.05) is 38.0 Å². The molecule has 0 aliphatic heterocycles. The number of para-hydroxylation sites is 1. The molecule has 0 saturated heterocycles. The molecule has 0 radical (unpaired) electrons. The predicted octanol–water partition coefficient (Wildman–Crippen LogP) is 2.86. The lowest BCUT2D eigenvalue weighted by atomic mass is 9.73. The second kappa shape index (κ2) is 9.46. The maximum Gasteiger partial charge on any atom is 0.337 e. The first kappa shape index (κ1) is 18.5. The van der Waals surface area contributed by atoms with Crippen molar-refractivity contribution in [2.24, 2.45) is 5.92 Å². The monoisotopic (exact) mass is 329 g/mol. The molecule has 1 fully saturated rings. The van der Waals surface area contributed by atoms with Crippen LogP contribution < -0.4 is 10.1 Å². The molecule has 1 aliphatic carbocycles. The summed E-state index contributed by atoms with van der Waals surface area (Å²) in [6.45, 7) is 4.54. The van der Waals surface area contributed by atoms with E-state index in [0.29, 0.717) is 11.8 Å². The van der Waals surface area contributed by atoms with Crippen molar-refractivity contribution in [2.75, 3.05) is 13.2 Å². The van der Waals surface area contributed by atoms with Gasteiger partial charge < -0.3 is 15.2 Å². The van der Waals surface area contributed by atoms with Gasteiger partial charge in [-0.3, -0.25) is 0 Å². The van der Waals surface area contributed by atoms with Crippen LogP contribution in [-0.4, -0.2) is 30.3 Å². The molecular weight excluding hydrogens is 302 g/mol. The zero-order valence-corrected chi connectivity index (χ0v) is 14.5. The largest absolute Gasteiger partial charge is 0.425 e. The lowest BCUT2D eigenvalue weighted by molar-refractivity contribution is -0.137. The van der Waals surface area contributed by atoms with Gasteiger partial charge in [-0.25, -0.2) is 4.79 Å². The minimum atomic E-state index is -0.625. The maximum atomic E-state index is 11.5. The zero-order valence-electron chi connectivity index (χ0n) is 14.5. The van der Waals surface area contributed by atoms with E-state index in [1.165, 1.54) is 0 Å². The van der Waals surface area contributed by atoms with E-state index in [1.54, 1.807) is 6.07 Å². The highest BCUT2D eigenvalue weighted by atomic mass is 16.5. The number of nitrogens with one attached hydrogen (secondary N) is 1. The first-order valence-corrected chi connectivity index (χ1v) is 8.81. The number of carbonyl (C=O) groups excluding carboxylic acids is 1. The molecule has 2 rings (SSSR count). The first-order chi connectivity index (χ1) is 11.7. The summed E-state index contributed by atoms with van der Waals surface area (Å²) in [4.78, 5) is 11.5. The van der Waals surface area contributed by atoms with Gasteiger partial charge in [0.25, 0.3) is 0 Å². The van der Waals surface area contributed by atoms with Crippen LogP contribution in [-0.2, 0) is 4.79 Å². The molecule has 24 heavy (non-hydrogen) atoms. The molecule has 4 nitrogen and oxygen atoms in total. The van der Waals surface area contributed by atoms with Crippen LogP contribution in [0.1, 0.15) is 51.0 Å². The van der Waals surface area contributed by atoms with Crippen LogP contribution in [0.25, 0.3) is 0 Å². The Morgan fingerprint density at radius 2 is 2.12 bits per heavy atom. The van der Waals surface area contributed by atoms with Crippen molar-refractivity contribution in [3.05, 3.63) is 29.8 Å². The minimum absolute atomic E-state index is 0.247. The summed E-state index contributed by atoms with van der Waals surface area (Å²) in [5.41, 5.74) is 1.02. The van der Waals surface area contributed by atoms with Gasteiger partial charge in [0.05, 0.1) is 0 Å². The third-order valence-corrected chi connectivity index (χ3v) is 4.48. The number of carbonyl (C=O) groups is 1. The Balaban J connectivity index is 2.26. The number of rotatable bonds is 5. The van der Waals surface area contributed by atoms with Crippen LogP contribution in [0.2, 0.25) is 0 Å². The van der Waals surface area contributed by atoms with Gasteiger partial charge in [0.15, 0.2) is 0 Å². The van der Waals surface area contributed by atoms with Crippen LogP contribution in [0.5, 0.6) is 5.75 Å². The summed E-state index contributed by atoms with van der Waals surface area (Å²) >= 11 is 0. The van der Waals surface area contributed by atoms with E-state index in [2.05, 4.69) is 31.0 Å². The van der Waals surface area contributed by atoms with Gasteiger partial charge in [0.1, 0.15) is 12.4 Å². The Hall–Kier alpha value is -1.83. The van der Waals surface area contributed by atoms with Crippen molar-refractivity contribution in [3.8, 4) is 17.6 Å². The summed E-state index contributed by atoms with van der Waals surface area (Å²) in [5.74, 6) is 7.07. The third kappa shape index (κ3) is 4.83. The summed E-state index contributed by atoms with van der Waals surface area (Å²) in [5, 5.41) is 12.5. The number of hydrogen-bond donors (Lipinski definition) is 2. The average molecular weight is 329 g/mol. The van der Waals surface area contributed by atoms with Crippen LogP contribution in [0.15, 0.2) is 24.3 Å². The molecule has 3 unspecified atom stereocenters. The Kier molecular flexibility index (Phi) is 7.30. The normalized spacial score (nSPS) is 23.2. The molecule has 1 aliphatic rings. The first-order valence-electron chi connectivity index (χ1n) is 8.81. The number of benzene rings is 1. The van der Waals surface area contributed by atoms with Crippen molar-refractivity contribution >= 4 is 5.97 Å². The van der Waals surface area contributed by atoms with Crippen molar-refractivity contribution in [1.29, 1.82) is 0 Å².